The molecule has 4 aromatic rings. The molecule has 0 atom stereocenters. The number of hydrogen-bond acceptors (Lipinski definition) is 5. The Balaban J connectivity index is 1.93. The Hall–Kier alpha value is -4.47. The number of benzene rings is 2. The van der Waals surface area contributed by atoms with Crippen molar-refractivity contribution < 1.29 is 9.18 Å². The molecule has 0 spiro atoms. The largest absolute Gasteiger partial charge is 0.338 e. The van der Waals surface area contributed by atoms with E-state index < -0.39 is 22.6 Å². The van der Waals surface area contributed by atoms with E-state index in [1.807, 2.05) is 0 Å². The summed E-state index contributed by atoms with van der Waals surface area (Å²) in [4.78, 5) is 53.1. The zero-order chi connectivity index (χ0) is 27.3. The van der Waals surface area contributed by atoms with E-state index in [-0.39, 0.29) is 46.3 Å². The predicted molar refractivity (Wildman–Crippen MR) is 145 cm³/mol. The zero-order valence-corrected chi connectivity index (χ0v) is 21.6. The molecule has 0 saturated heterocycles. The number of halogens is 1. The highest BCUT2D eigenvalue weighted by atomic mass is 19.1. The van der Waals surface area contributed by atoms with Crippen LogP contribution < -0.4 is 27.4 Å². The van der Waals surface area contributed by atoms with Gasteiger partial charge in [0, 0.05) is 31.3 Å². The van der Waals surface area contributed by atoms with E-state index >= 15 is 0 Å². The van der Waals surface area contributed by atoms with Gasteiger partial charge in [0.05, 0.1) is 16.9 Å². The number of rotatable bonds is 6. The van der Waals surface area contributed by atoms with Crippen molar-refractivity contribution >= 4 is 34.0 Å². The maximum atomic E-state index is 14.9. The standard InChI is InChI=1S/C28H28FN5O4/c1-5-20-24-23(25(32(4)26(20)36)31-22-12-9-15(2)13-21(22)29)27(37)34(18-10-11-18)28(38)33(24)19-8-6-7-17(14-19)30-16(3)35/h6-9,12-14,18,31H,5,10-11H2,1-4H3,(H,30,35). The fraction of sp³-hybridized carbons (Fsp3) is 0.286. The van der Waals surface area contributed by atoms with Gasteiger partial charge in [0.25, 0.3) is 11.1 Å². The number of amides is 1. The molecule has 5 rings (SSSR count). The summed E-state index contributed by atoms with van der Waals surface area (Å²) in [7, 11) is 1.52. The topological polar surface area (TPSA) is 107 Å². The van der Waals surface area contributed by atoms with Gasteiger partial charge >= 0.3 is 5.69 Å². The van der Waals surface area contributed by atoms with Gasteiger partial charge in [-0.1, -0.05) is 19.1 Å². The first-order chi connectivity index (χ1) is 18.1. The molecule has 0 radical (unpaired) electrons. The van der Waals surface area contributed by atoms with Crippen molar-refractivity contribution in [3.05, 3.63) is 90.6 Å². The van der Waals surface area contributed by atoms with Gasteiger partial charge in [-0.25, -0.2) is 9.18 Å². The average molecular weight is 518 g/mol. The normalized spacial score (nSPS) is 13.1. The summed E-state index contributed by atoms with van der Waals surface area (Å²) in [6, 6.07) is 11.0. The van der Waals surface area contributed by atoms with Crippen molar-refractivity contribution in [2.75, 3.05) is 10.6 Å². The van der Waals surface area contributed by atoms with E-state index in [0.29, 0.717) is 24.2 Å². The molecule has 2 heterocycles. The van der Waals surface area contributed by atoms with Gasteiger partial charge in [-0.05, 0) is 62.1 Å². The zero-order valence-electron chi connectivity index (χ0n) is 21.6. The highest BCUT2D eigenvalue weighted by Crippen LogP contribution is 2.34. The monoisotopic (exact) mass is 517 g/mol. The lowest BCUT2D eigenvalue weighted by Crippen LogP contribution is -2.41. The van der Waals surface area contributed by atoms with Crippen LogP contribution in [0.15, 0.2) is 56.8 Å². The molecule has 2 aromatic carbocycles. The molecule has 1 aliphatic carbocycles. The molecule has 2 aromatic heterocycles. The van der Waals surface area contributed by atoms with Crippen LogP contribution >= 0.6 is 0 Å². The van der Waals surface area contributed by atoms with Crippen molar-refractivity contribution in [2.24, 2.45) is 7.05 Å². The van der Waals surface area contributed by atoms with Crippen LogP contribution in [-0.4, -0.2) is 19.6 Å². The van der Waals surface area contributed by atoms with Crippen LogP contribution in [0.1, 0.15) is 43.9 Å². The maximum absolute atomic E-state index is 14.9. The second-order valence-corrected chi connectivity index (χ2v) is 9.63. The molecule has 1 saturated carbocycles. The molecule has 9 nitrogen and oxygen atoms in total. The molecular weight excluding hydrogens is 489 g/mol. The number of fused-ring (bicyclic) bond motifs is 1. The Kier molecular flexibility index (Phi) is 6.26. The number of nitrogens with zero attached hydrogens (tertiary/aromatic N) is 3. The van der Waals surface area contributed by atoms with Crippen LogP contribution in [0.25, 0.3) is 16.6 Å². The smallest absolute Gasteiger partial charge is 0.336 e. The van der Waals surface area contributed by atoms with Crippen molar-refractivity contribution in [1.29, 1.82) is 0 Å². The highest BCUT2D eigenvalue weighted by molar-refractivity contribution is 5.94. The summed E-state index contributed by atoms with van der Waals surface area (Å²) < 4.78 is 18.7. The average Bonchev–Trinajstić information content (AvgIpc) is 3.69. The highest BCUT2D eigenvalue weighted by Gasteiger charge is 2.32. The Morgan fingerprint density at radius 1 is 1.08 bits per heavy atom. The molecule has 0 bridgehead atoms. The van der Waals surface area contributed by atoms with Gasteiger partial charge in [0.2, 0.25) is 5.91 Å². The molecule has 0 aliphatic heterocycles. The molecular formula is C28H28FN5O4. The summed E-state index contributed by atoms with van der Waals surface area (Å²) >= 11 is 0. The molecule has 38 heavy (non-hydrogen) atoms. The number of carbonyl (C=O) groups is 1. The number of aryl methyl sites for hydroxylation is 2. The molecule has 10 heteroatoms. The van der Waals surface area contributed by atoms with Crippen LogP contribution in [-0.2, 0) is 18.3 Å². The Bertz CT molecular complexity index is 1800. The first-order valence-corrected chi connectivity index (χ1v) is 12.5. The summed E-state index contributed by atoms with van der Waals surface area (Å²) in [5.41, 5.74) is 0.581. The van der Waals surface area contributed by atoms with Gasteiger partial charge in [-0.15, -0.1) is 0 Å². The summed E-state index contributed by atoms with van der Waals surface area (Å²) in [5.74, 6) is -0.725. The van der Waals surface area contributed by atoms with Gasteiger partial charge in [-0.2, -0.15) is 0 Å². The first-order valence-electron chi connectivity index (χ1n) is 12.5. The molecule has 196 valence electrons. The number of anilines is 3. The van der Waals surface area contributed by atoms with E-state index in [0.717, 1.165) is 5.56 Å². The minimum absolute atomic E-state index is 0.0936. The molecule has 0 unspecified atom stereocenters. The van der Waals surface area contributed by atoms with Gasteiger partial charge in [0.15, 0.2) is 0 Å². The van der Waals surface area contributed by atoms with Crippen LogP contribution in [0.5, 0.6) is 0 Å². The molecule has 1 aliphatic rings. The summed E-state index contributed by atoms with van der Waals surface area (Å²) in [5, 5.41) is 5.78. The molecule has 1 amide bonds. The third-order valence-electron chi connectivity index (χ3n) is 6.78. The fourth-order valence-corrected chi connectivity index (χ4v) is 4.83. The van der Waals surface area contributed by atoms with Crippen LogP contribution in [0.3, 0.4) is 0 Å². The van der Waals surface area contributed by atoms with Crippen molar-refractivity contribution in [3.8, 4) is 5.69 Å². The lowest BCUT2D eigenvalue weighted by Gasteiger charge is -2.21. The summed E-state index contributed by atoms with van der Waals surface area (Å²) in [6.45, 7) is 4.91. The number of hydrogen-bond donors (Lipinski definition) is 2. The number of aromatic nitrogens is 3. The van der Waals surface area contributed by atoms with Gasteiger partial charge in [0.1, 0.15) is 17.0 Å². The minimum atomic E-state index is -0.569. The lowest BCUT2D eigenvalue weighted by molar-refractivity contribution is -0.114. The lowest BCUT2D eigenvalue weighted by atomic mass is 10.1. The Morgan fingerprint density at radius 3 is 2.45 bits per heavy atom. The third-order valence-corrected chi connectivity index (χ3v) is 6.78. The van der Waals surface area contributed by atoms with Crippen molar-refractivity contribution in [2.45, 2.75) is 46.1 Å². The number of pyridine rings is 1. The van der Waals surface area contributed by atoms with Crippen molar-refractivity contribution in [3.63, 3.8) is 0 Å². The van der Waals surface area contributed by atoms with Crippen molar-refractivity contribution in [1.82, 2.24) is 13.7 Å². The number of nitrogens with one attached hydrogen (secondary N) is 2. The van der Waals surface area contributed by atoms with E-state index in [9.17, 15) is 23.6 Å². The summed E-state index contributed by atoms with van der Waals surface area (Å²) in [6.07, 6.45) is 1.60. The maximum Gasteiger partial charge on any atom is 0.336 e. The Labute approximate surface area is 217 Å². The second-order valence-electron chi connectivity index (χ2n) is 9.63. The Morgan fingerprint density at radius 2 is 1.82 bits per heavy atom. The fourth-order valence-electron chi connectivity index (χ4n) is 4.83. The van der Waals surface area contributed by atoms with E-state index in [1.54, 1.807) is 50.2 Å². The molecule has 2 N–H and O–H groups in total. The van der Waals surface area contributed by atoms with E-state index in [4.69, 9.17) is 0 Å². The van der Waals surface area contributed by atoms with Gasteiger partial charge < -0.3 is 10.6 Å². The number of carbonyl (C=O) groups excluding carboxylic acids is 1. The predicted octanol–water partition coefficient (Wildman–Crippen LogP) is 3.90. The SMILES string of the molecule is CCc1c(=O)n(C)c(Nc2ccc(C)cc2F)c2c(=O)n(C3CC3)c(=O)n(-c3cccc(NC(C)=O)c3)c12. The van der Waals surface area contributed by atoms with Crippen LogP contribution in [0, 0.1) is 12.7 Å². The van der Waals surface area contributed by atoms with Crippen LogP contribution in [0.4, 0.5) is 21.6 Å². The minimum Gasteiger partial charge on any atom is -0.338 e. The van der Waals surface area contributed by atoms with Gasteiger partial charge in [-0.3, -0.25) is 28.1 Å². The van der Waals surface area contributed by atoms with E-state index in [1.165, 1.54) is 33.7 Å². The quantitative estimate of drug-likeness (QED) is 0.404. The molecule has 1 fully saturated rings. The second kappa shape index (κ2) is 9.44. The van der Waals surface area contributed by atoms with Crippen LogP contribution in [0.2, 0.25) is 0 Å². The van der Waals surface area contributed by atoms with E-state index in [2.05, 4.69) is 10.6 Å². The first kappa shape index (κ1) is 25.2. The third kappa shape index (κ3) is 4.21.